The van der Waals surface area contributed by atoms with Gasteiger partial charge in [0, 0.05) is 23.3 Å². The summed E-state index contributed by atoms with van der Waals surface area (Å²) in [5.74, 6) is 1.54. The molecule has 1 aliphatic heterocycles. The van der Waals surface area contributed by atoms with Gasteiger partial charge < -0.3 is 11.1 Å². The third-order valence-corrected chi connectivity index (χ3v) is 5.22. The maximum absolute atomic E-state index is 12.0. The number of hydrogen-bond donors (Lipinski definition) is 2. The standard InChI is InChI=1S/C14H28N2OS/c1-11(6-4-7-12(2)15)13(17)16-10-14(3)8-5-9-18-14/h11-12H,4-10,15H2,1-3H3,(H,16,17). The van der Waals surface area contributed by atoms with Gasteiger partial charge in [0.1, 0.15) is 0 Å². The van der Waals surface area contributed by atoms with E-state index < -0.39 is 0 Å². The van der Waals surface area contributed by atoms with Gasteiger partial charge >= 0.3 is 0 Å². The molecule has 0 aromatic rings. The average molecular weight is 272 g/mol. The Morgan fingerprint density at radius 2 is 2.17 bits per heavy atom. The Bertz CT molecular complexity index is 263. The fourth-order valence-electron chi connectivity index (χ4n) is 2.30. The Kier molecular flexibility index (Phi) is 6.50. The average Bonchev–Trinajstić information content (AvgIpc) is 2.73. The molecule has 0 aromatic carbocycles. The van der Waals surface area contributed by atoms with E-state index in [0.29, 0.717) is 0 Å². The van der Waals surface area contributed by atoms with Crippen molar-refractivity contribution in [3.05, 3.63) is 0 Å². The van der Waals surface area contributed by atoms with Crippen molar-refractivity contribution in [2.24, 2.45) is 11.7 Å². The zero-order chi connectivity index (χ0) is 13.6. The number of nitrogens with two attached hydrogens (primary N) is 1. The predicted octanol–water partition coefficient (Wildman–Crippen LogP) is 2.54. The van der Waals surface area contributed by atoms with Crippen molar-refractivity contribution in [1.82, 2.24) is 5.32 Å². The molecule has 1 aliphatic rings. The summed E-state index contributed by atoms with van der Waals surface area (Å²) >= 11 is 1.99. The molecule has 1 amide bonds. The lowest BCUT2D eigenvalue weighted by Crippen LogP contribution is -2.39. The number of carbonyl (C=O) groups is 1. The van der Waals surface area contributed by atoms with Crippen LogP contribution in [0.3, 0.4) is 0 Å². The first kappa shape index (κ1) is 15.8. The van der Waals surface area contributed by atoms with Crippen molar-refractivity contribution in [2.45, 2.75) is 63.7 Å². The normalized spacial score (nSPS) is 26.9. The summed E-state index contributed by atoms with van der Waals surface area (Å²) in [6.45, 7) is 7.10. The summed E-state index contributed by atoms with van der Waals surface area (Å²) in [5, 5.41) is 3.11. The second kappa shape index (κ2) is 7.39. The van der Waals surface area contributed by atoms with Crippen LogP contribution in [0.15, 0.2) is 0 Å². The lowest BCUT2D eigenvalue weighted by Gasteiger charge is -2.24. The Balaban J connectivity index is 2.19. The first-order valence-corrected chi connectivity index (χ1v) is 8.09. The van der Waals surface area contributed by atoms with Gasteiger partial charge in [0.05, 0.1) is 0 Å². The molecular formula is C14H28N2OS. The maximum atomic E-state index is 12.0. The van der Waals surface area contributed by atoms with E-state index in [1.165, 1.54) is 18.6 Å². The van der Waals surface area contributed by atoms with Crippen LogP contribution in [0.1, 0.15) is 52.9 Å². The van der Waals surface area contributed by atoms with E-state index in [9.17, 15) is 4.79 Å². The topological polar surface area (TPSA) is 55.1 Å². The summed E-state index contributed by atoms with van der Waals surface area (Å²) in [5.41, 5.74) is 5.71. The minimum atomic E-state index is 0.110. The molecule has 0 aromatic heterocycles. The van der Waals surface area contributed by atoms with Crippen molar-refractivity contribution in [3.63, 3.8) is 0 Å². The molecule has 0 spiro atoms. The molecule has 0 aliphatic carbocycles. The molecule has 1 saturated heterocycles. The Morgan fingerprint density at radius 3 is 2.72 bits per heavy atom. The van der Waals surface area contributed by atoms with Gasteiger partial charge in [0.25, 0.3) is 0 Å². The van der Waals surface area contributed by atoms with Gasteiger partial charge in [0.15, 0.2) is 0 Å². The largest absolute Gasteiger partial charge is 0.354 e. The summed E-state index contributed by atoms with van der Waals surface area (Å²) < 4.78 is 0.265. The molecule has 0 saturated carbocycles. The summed E-state index contributed by atoms with van der Waals surface area (Å²) in [6, 6.07) is 0.245. The molecule has 3 unspecified atom stereocenters. The predicted molar refractivity (Wildman–Crippen MR) is 79.8 cm³/mol. The van der Waals surface area contributed by atoms with Crippen molar-refractivity contribution in [1.29, 1.82) is 0 Å². The van der Waals surface area contributed by atoms with Crippen LogP contribution in [0.2, 0.25) is 0 Å². The van der Waals surface area contributed by atoms with E-state index in [1.54, 1.807) is 0 Å². The second-order valence-electron chi connectivity index (χ2n) is 5.93. The highest BCUT2D eigenvalue weighted by Gasteiger charge is 2.30. The lowest BCUT2D eigenvalue weighted by molar-refractivity contribution is -0.124. The fourth-order valence-corrected chi connectivity index (χ4v) is 3.55. The molecule has 3 N–H and O–H groups in total. The molecule has 4 heteroatoms. The number of nitrogens with one attached hydrogen (secondary N) is 1. The summed E-state index contributed by atoms with van der Waals surface area (Å²) in [4.78, 5) is 12.0. The molecule has 1 heterocycles. The van der Waals surface area contributed by atoms with Gasteiger partial charge in [-0.2, -0.15) is 11.8 Å². The molecule has 1 rings (SSSR count). The van der Waals surface area contributed by atoms with Crippen molar-refractivity contribution in [2.75, 3.05) is 12.3 Å². The molecule has 3 atom stereocenters. The van der Waals surface area contributed by atoms with Crippen LogP contribution >= 0.6 is 11.8 Å². The summed E-state index contributed by atoms with van der Waals surface area (Å²) in [6.07, 6.45) is 5.48. The smallest absolute Gasteiger partial charge is 0.222 e. The van der Waals surface area contributed by atoms with E-state index in [4.69, 9.17) is 5.73 Å². The lowest BCUT2D eigenvalue weighted by atomic mass is 10.0. The van der Waals surface area contributed by atoms with Gasteiger partial charge in [-0.3, -0.25) is 4.79 Å². The van der Waals surface area contributed by atoms with Crippen LogP contribution in [0.25, 0.3) is 0 Å². The zero-order valence-electron chi connectivity index (χ0n) is 12.0. The highest BCUT2D eigenvalue weighted by molar-refractivity contribution is 8.00. The molecular weight excluding hydrogens is 244 g/mol. The quantitative estimate of drug-likeness (QED) is 0.749. The monoisotopic (exact) mass is 272 g/mol. The van der Waals surface area contributed by atoms with Gasteiger partial charge in [0.2, 0.25) is 5.91 Å². The van der Waals surface area contributed by atoms with Gasteiger partial charge in [-0.15, -0.1) is 0 Å². The van der Waals surface area contributed by atoms with E-state index in [1.807, 2.05) is 25.6 Å². The van der Waals surface area contributed by atoms with Crippen molar-refractivity contribution < 1.29 is 4.79 Å². The maximum Gasteiger partial charge on any atom is 0.222 e. The van der Waals surface area contributed by atoms with Crippen LogP contribution in [-0.4, -0.2) is 29.0 Å². The van der Waals surface area contributed by atoms with Crippen LogP contribution in [-0.2, 0) is 4.79 Å². The van der Waals surface area contributed by atoms with E-state index >= 15 is 0 Å². The van der Waals surface area contributed by atoms with Gasteiger partial charge in [-0.25, -0.2) is 0 Å². The Labute approximate surface area is 116 Å². The molecule has 1 fully saturated rings. The fraction of sp³-hybridized carbons (Fsp3) is 0.929. The van der Waals surface area contributed by atoms with Crippen LogP contribution in [0.5, 0.6) is 0 Å². The number of hydrogen-bond acceptors (Lipinski definition) is 3. The van der Waals surface area contributed by atoms with Gasteiger partial charge in [-0.1, -0.05) is 13.3 Å². The van der Waals surface area contributed by atoms with E-state index in [0.717, 1.165) is 25.8 Å². The number of amides is 1. The highest BCUT2D eigenvalue weighted by atomic mass is 32.2. The molecule has 106 valence electrons. The van der Waals surface area contributed by atoms with Crippen LogP contribution in [0, 0.1) is 5.92 Å². The Morgan fingerprint density at radius 1 is 1.44 bits per heavy atom. The van der Waals surface area contributed by atoms with E-state index in [2.05, 4.69) is 12.2 Å². The van der Waals surface area contributed by atoms with Crippen molar-refractivity contribution in [3.8, 4) is 0 Å². The first-order valence-electron chi connectivity index (χ1n) is 7.10. The van der Waals surface area contributed by atoms with Crippen molar-refractivity contribution >= 4 is 17.7 Å². The third kappa shape index (κ3) is 5.61. The number of thioether (sulfide) groups is 1. The minimum absolute atomic E-state index is 0.110. The second-order valence-corrected chi connectivity index (χ2v) is 7.61. The molecule has 3 nitrogen and oxygen atoms in total. The zero-order valence-corrected chi connectivity index (χ0v) is 12.8. The SMILES string of the molecule is CC(N)CCCC(C)C(=O)NCC1(C)CCCS1. The molecule has 18 heavy (non-hydrogen) atoms. The number of carbonyl (C=O) groups excluding carboxylic acids is 1. The summed E-state index contributed by atoms with van der Waals surface area (Å²) in [7, 11) is 0. The van der Waals surface area contributed by atoms with E-state index in [-0.39, 0.29) is 22.6 Å². The minimum Gasteiger partial charge on any atom is -0.354 e. The third-order valence-electron chi connectivity index (χ3n) is 3.68. The molecule has 0 bridgehead atoms. The van der Waals surface area contributed by atoms with Crippen LogP contribution in [0.4, 0.5) is 0 Å². The highest BCUT2D eigenvalue weighted by Crippen LogP contribution is 2.36. The first-order chi connectivity index (χ1) is 8.43. The molecule has 0 radical (unpaired) electrons. The number of rotatable bonds is 7. The Hall–Kier alpha value is -0.220. The van der Waals surface area contributed by atoms with Gasteiger partial charge in [-0.05, 0) is 45.3 Å². The van der Waals surface area contributed by atoms with Crippen LogP contribution < -0.4 is 11.1 Å².